The number of rotatable bonds is 8. The smallest absolute Gasteiger partial charge is 0.0587 e. The van der Waals surface area contributed by atoms with Crippen molar-refractivity contribution >= 4 is 0 Å². The molecule has 0 spiro atoms. The monoisotopic (exact) mass is 185 g/mol. The summed E-state index contributed by atoms with van der Waals surface area (Å²) < 4.78 is 4.96. The standard InChI is InChI=1S/C11H23NO/c1-5-7-11(3,6-2)10-12-8-9-13-4/h6,12H,2,5,7-10H2,1,3-4H3. The van der Waals surface area contributed by atoms with Crippen LogP contribution in [0.1, 0.15) is 26.7 Å². The lowest BCUT2D eigenvalue weighted by molar-refractivity contribution is 0.195. The van der Waals surface area contributed by atoms with Gasteiger partial charge in [-0.05, 0) is 11.8 Å². The van der Waals surface area contributed by atoms with E-state index in [2.05, 4.69) is 31.8 Å². The molecular formula is C11H23NO. The quantitative estimate of drug-likeness (QED) is 0.462. The summed E-state index contributed by atoms with van der Waals surface area (Å²) >= 11 is 0. The summed E-state index contributed by atoms with van der Waals surface area (Å²) in [6.07, 6.45) is 4.45. The van der Waals surface area contributed by atoms with E-state index in [0.717, 1.165) is 19.7 Å². The van der Waals surface area contributed by atoms with Gasteiger partial charge in [0.05, 0.1) is 6.61 Å². The van der Waals surface area contributed by atoms with Gasteiger partial charge < -0.3 is 10.1 Å². The van der Waals surface area contributed by atoms with E-state index in [1.165, 1.54) is 12.8 Å². The molecule has 0 amide bonds. The van der Waals surface area contributed by atoms with Crippen LogP contribution in [0.4, 0.5) is 0 Å². The van der Waals surface area contributed by atoms with Gasteiger partial charge in [0.15, 0.2) is 0 Å². The third kappa shape index (κ3) is 5.83. The first-order valence-electron chi connectivity index (χ1n) is 5.02. The maximum atomic E-state index is 4.96. The Kier molecular flexibility index (Phi) is 6.92. The molecule has 0 rings (SSSR count). The molecule has 0 aromatic rings. The van der Waals surface area contributed by atoms with Crippen LogP contribution in [0.3, 0.4) is 0 Å². The second-order valence-corrected chi connectivity index (χ2v) is 3.78. The first-order valence-corrected chi connectivity index (χ1v) is 5.02. The Morgan fingerprint density at radius 1 is 1.54 bits per heavy atom. The molecule has 0 fully saturated rings. The molecule has 13 heavy (non-hydrogen) atoms. The van der Waals surface area contributed by atoms with Crippen molar-refractivity contribution in [3.05, 3.63) is 12.7 Å². The van der Waals surface area contributed by atoms with E-state index < -0.39 is 0 Å². The molecule has 78 valence electrons. The fourth-order valence-electron chi connectivity index (χ4n) is 1.38. The molecule has 2 heteroatoms. The van der Waals surface area contributed by atoms with E-state index in [4.69, 9.17) is 4.74 Å². The maximum Gasteiger partial charge on any atom is 0.0587 e. The average Bonchev–Trinajstić information content (AvgIpc) is 2.13. The number of nitrogens with one attached hydrogen (secondary N) is 1. The van der Waals surface area contributed by atoms with E-state index in [-0.39, 0.29) is 5.41 Å². The molecule has 0 radical (unpaired) electrons. The summed E-state index contributed by atoms with van der Waals surface area (Å²) in [6, 6.07) is 0. The summed E-state index contributed by atoms with van der Waals surface area (Å²) in [5, 5.41) is 3.37. The van der Waals surface area contributed by atoms with Crippen LogP contribution in [0.5, 0.6) is 0 Å². The van der Waals surface area contributed by atoms with E-state index in [9.17, 15) is 0 Å². The Bertz CT molecular complexity index is 136. The van der Waals surface area contributed by atoms with Gasteiger partial charge in [-0.1, -0.05) is 26.3 Å². The second-order valence-electron chi connectivity index (χ2n) is 3.78. The Hall–Kier alpha value is -0.340. The molecule has 0 aliphatic heterocycles. The molecule has 0 bridgehead atoms. The van der Waals surface area contributed by atoms with Crippen molar-refractivity contribution in [1.82, 2.24) is 5.32 Å². The Balaban J connectivity index is 3.63. The van der Waals surface area contributed by atoms with Crippen LogP contribution in [0, 0.1) is 5.41 Å². The van der Waals surface area contributed by atoms with Crippen LogP contribution in [-0.2, 0) is 4.74 Å². The molecule has 2 nitrogen and oxygen atoms in total. The first kappa shape index (κ1) is 12.7. The van der Waals surface area contributed by atoms with E-state index >= 15 is 0 Å². The van der Waals surface area contributed by atoms with E-state index in [1.54, 1.807) is 7.11 Å². The summed E-state index contributed by atoms with van der Waals surface area (Å²) in [5.41, 5.74) is 0.239. The van der Waals surface area contributed by atoms with Crippen LogP contribution in [0.2, 0.25) is 0 Å². The molecule has 0 saturated carbocycles. The molecule has 0 aromatic heterocycles. The zero-order valence-electron chi connectivity index (χ0n) is 9.23. The van der Waals surface area contributed by atoms with Crippen molar-refractivity contribution in [3.63, 3.8) is 0 Å². The molecular weight excluding hydrogens is 162 g/mol. The van der Waals surface area contributed by atoms with Gasteiger partial charge in [0.2, 0.25) is 0 Å². The first-order chi connectivity index (χ1) is 6.18. The summed E-state index contributed by atoms with van der Waals surface area (Å²) in [4.78, 5) is 0. The van der Waals surface area contributed by atoms with Crippen LogP contribution >= 0.6 is 0 Å². The van der Waals surface area contributed by atoms with Crippen molar-refractivity contribution in [2.45, 2.75) is 26.7 Å². The van der Waals surface area contributed by atoms with Crippen LogP contribution in [0.25, 0.3) is 0 Å². The molecule has 0 heterocycles. The van der Waals surface area contributed by atoms with Gasteiger partial charge in [-0.15, -0.1) is 6.58 Å². The highest BCUT2D eigenvalue weighted by Gasteiger charge is 2.17. The topological polar surface area (TPSA) is 21.3 Å². The minimum atomic E-state index is 0.239. The van der Waals surface area contributed by atoms with Gasteiger partial charge in [-0.25, -0.2) is 0 Å². The molecule has 0 saturated heterocycles. The minimum absolute atomic E-state index is 0.239. The number of ether oxygens (including phenoxy) is 1. The highest BCUT2D eigenvalue weighted by atomic mass is 16.5. The molecule has 1 atom stereocenters. The molecule has 1 unspecified atom stereocenters. The third-order valence-electron chi connectivity index (χ3n) is 2.33. The molecule has 0 aliphatic carbocycles. The van der Waals surface area contributed by atoms with Gasteiger partial charge in [-0.2, -0.15) is 0 Å². The van der Waals surface area contributed by atoms with E-state index in [1.807, 2.05) is 0 Å². The van der Waals surface area contributed by atoms with E-state index in [0.29, 0.717) is 0 Å². The fraction of sp³-hybridized carbons (Fsp3) is 0.818. The lowest BCUT2D eigenvalue weighted by Crippen LogP contribution is -2.32. The Morgan fingerprint density at radius 2 is 2.23 bits per heavy atom. The third-order valence-corrected chi connectivity index (χ3v) is 2.33. The van der Waals surface area contributed by atoms with Gasteiger partial charge in [-0.3, -0.25) is 0 Å². The van der Waals surface area contributed by atoms with Crippen molar-refractivity contribution in [3.8, 4) is 0 Å². The lowest BCUT2D eigenvalue weighted by atomic mass is 9.86. The number of methoxy groups -OCH3 is 1. The number of hydrogen-bond donors (Lipinski definition) is 1. The highest BCUT2D eigenvalue weighted by Crippen LogP contribution is 2.22. The normalized spacial score (nSPS) is 15.3. The van der Waals surface area contributed by atoms with Crippen molar-refractivity contribution < 1.29 is 4.74 Å². The second kappa shape index (κ2) is 7.10. The van der Waals surface area contributed by atoms with Crippen molar-refractivity contribution in [2.75, 3.05) is 26.8 Å². The van der Waals surface area contributed by atoms with Crippen LogP contribution in [0.15, 0.2) is 12.7 Å². The SMILES string of the molecule is C=CC(C)(CCC)CNCCOC. The summed E-state index contributed by atoms with van der Waals surface area (Å²) in [5.74, 6) is 0. The van der Waals surface area contributed by atoms with Gasteiger partial charge in [0.1, 0.15) is 0 Å². The van der Waals surface area contributed by atoms with Gasteiger partial charge >= 0.3 is 0 Å². The Morgan fingerprint density at radius 3 is 2.69 bits per heavy atom. The van der Waals surface area contributed by atoms with Crippen molar-refractivity contribution in [2.24, 2.45) is 5.41 Å². The van der Waals surface area contributed by atoms with Crippen molar-refractivity contribution in [1.29, 1.82) is 0 Å². The zero-order valence-corrected chi connectivity index (χ0v) is 9.23. The minimum Gasteiger partial charge on any atom is -0.383 e. The maximum absolute atomic E-state index is 4.96. The van der Waals surface area contributed by atoms with Crippen LogP contribution in [-0.4, -0.2) is 26.8 Å². The average molecular weight is 185 g/mol. The number of hydrogen-bond acceptors (Lipinski definition) is 2. The zero-order chi connectivity index (χ0) is 10.2. The largest absolute Gasteiger partial charge is 0.383 e. The van der Waals surface area contributed by atoms with Gasteiger partial charge in [0.25, 0.3) is 0 Å². The lowest BCUT2D eigenvalue weighted by Gasteiger charge is -2.25. The highest BCUT2D eigenvalue weighted by molar-refractivity contribution is 4.92. The molecule has 0 aliphatic rings. The Labute approximate surface area is 82.4 Å². The van der Waals surface area contributed by atoms with Crippen LogP contribution < -0.4 is 5.32 Å². The predicted molar refractivity (Wildman–Crippen MR) is 58.0 cm³/mol. The predicted octanol–water partition coefficient (Wildman–Crippen LogP) is 2.21. The molecule has 1 N–H and O–H groups in total. The fourth-order valence-corrected chi connectivity index (χ4v) is 1.38. The molecule has 0 aromatic carbocycles. The summed E-state index contributed by atoms with van der Waals surface area (Å²) in [6.45, 7) is 11.0. The summed E-state index contributed by atoms with van der Waals surface area (Å²) in [7, 11) is 1.72. The van der Waals surface area contributed by atoms with Gasteiger partial charge in [0, 0.05) is 20.2 Å².